The highest BCUT2D eigenvalue weighted by molar-refractivity contribution is 6.33. The van der Waals surface area contributed by atoms with Crippen LogP contribution in [0.3, 0.4) is 0 Å². The van der Waals surface area contributed by atoms with Crippen molar-refractivity contribution >= 4 is 23.4 Å². The van der Waals surface area contributed by atoms with Crippen molar-refractivity contribution in [2.75, 3.05) is 0 Å². The summed E-state index contributed by atoms with van der Waals surface area (Å²) < 4.78 is 13.5. The number of carbonyl (C=O) groups is 2. The lowest BCUT2D eigenvalue weighted by molar-refractivity contribution is -0.147. The van der Waals surface area contributed by atoms with Crippen molar-refractivity contribution in [1.29, 1.82) is 0 Å². The van der Waals surface area contributed by atoms with Gasteiger partial charge in [0.05, 0.1) is 5.38 Å². The number of rotatable bonds is 4. The van der Waals surface area contributed by atoms with E-state index in [9.17, 15) is 19.1 Å². The van der Waals surface area contributed by atoms with Crippen LogP contribution in [0.15, 0.2) is 18.2 Å². The van der Waals surface area contributed by atoms with E-state index in [1.165, 1.54) is 19.1 Å². The van der Waals surface area contributed by atoms with E-state index < -0.39 is 34.6 Å². The van der Waals surface area contributed by atoms with Crippen LogP contribution in [0.1, 0.15) is 28.9 Å². The van der Waals surface area contributed by atoms with Gasteiger partial charge in [0.15, 0.2) is 11.9 Å². The summed E-state index contributed by atoms with van der Waals surface area (Å²) in [6.45, 7) is 1.38. The predicted octanol–water partition coefficient (Wildman–Crippen LogP) is 1.75. The first-order chi connectivity index (χ1) is 7.86. The molecule has 92 valence electrons. The van der Waals surface area contributed by atoms with Crippen molar-refractivity contribution in [2.24, 2.45) is 0 Å². The molecule has 0 aliphatic heterocycles. The van der Waals surface area contributed by atoms with Gasteiger partial charge in [-0.1, -0.05) is 12.1 Å². The zero-order valence-electron chi connectivity index (χ0n) is 8.85. The highest BCUT2D eigenvalue weighted by Crippen LogP contribution is 2.24. The van der Waals surface area contributed by atoms with Gasteiger partial charge in [-0.2, -0.15) is 0 Å². The van der Waals surface area contributed by atoms with E-state index in [0.29, 0.717) is 0 Å². The number of hydrogen-bond donors (Lipinski definition) is 2. The van der Waals surface area contributed by atoms with Gasteiger partial charge in [0, 0.05) is 11.1 Å². The number of carboxylic acids is 1. The number of benzene rings is 1. The number of hydrogen-bond acceptors (Lipinski definition) is 3. The van der Waals surface area contributed by atoms with Crippen molar-refractivity contribution in [2.45, 2.75) is 18.4 Å². The Morgan fingerprint density at radius 3 is 2.47 bits per heavy atom. The van der Waals surface area contributed by atoms with Gasteiger partial charge >= 0.3 is 5.97 Å². The molecule has 0 amide bonds. The average Bonchev–Trinajstić information content (AvgIpc) is 2.26. The Hall–Kier alpha value is -1.46. The summed E-state index contributed by atoms with van der Waals surface area (Å²) in [5, 5.41) is 17.1. The third-order valence-electron chi connectivity index (χ3n) is 2.19. The molecule has 0 bridgehead atoms. The highest BCUT2D eigenvalue weighted by Gasteiger charge is 2.27. The minimum atomic E-state index is -2.09. The van der Waals surface area contributed by atoms with E-state index in [1.54, 1.807) is 0 Å². The third-order valence-corrected chi connectivity index (χ3v) is 2.39. The quantitative estimate of drug-likeness (QED) is 0.639. The Balaban J connectivity index is 3.36. The van der Waals surface area contributed by atoms with Gasteiger partial charge in [-0.3, -0.25) is 4.79 Å². The van der Waals surface area contributed by atoms with Gasteiger partial charge in [0.1, 0.15) is 5.82 Å². The first-order valence-electron chi connectivity index (χ1n) is 4.73. The molecular weight excluding hydrogens is 251 g/mol. The van der Waals surface area contributed by atoms with Crippen molar-refractivity contribution in [3.8, 4) is 0 Å². The number of aliphatic hydroxyl groups is 1. The molecule has 17 heavy (non-hydrogen) atoms. The average molecular weight is 261 g/mol. The van der Waals surface area contributed by atoms with Crippen molar-refractivity contribution in [3.05, 3.63) is 35.1 Å². The number of carboxylic acid groups (broad SMARTS) is 1. The second kappa shape index (κ2) is 5.25. The zero-order valence-corrected chi connectivity index (χ0v) is 9.61. The molecular formula is C11H10ClFO4. The SMILES string of the molecule is CC(Cl)C(=O)c1cccc(F)c1C(O)C(=O)O. The number of halogens is 2. The Morgan fingerprint density at radius 2 is 2.00 bits per heavy atom. The Kier molecular flexibility index (Phi) is 4.20. The van der Waals surface area contributed by atoms with Gasteiger partial charge in [-0.05, 0) is 13.0 Å². The summed E-state index contributed by atoms with van der Waals surface area (Å²) in [5.41, 5.74) is -0.778. The molecule has 4 nitrogen and oxygen atoms in total. The zero-order chi connectivity index (χ0) is 13.2. The Morgan fingerprint density at radius 1 is 1.41 bits per heavy atom. The molecule has 6 heteroatoms. The molecule has 0 saturated carbocycles. The molecule has 0 aromatic heterocycles. The highest BCUT2D eigenvalue weighted by atomic mass is 35.5. The van der Waals surface area contributed by atoms with E-state index in [4.69, 9.17) is 16.7 Å². The van der Waals surface area contributed by atoms with E-state index in [1.807, 2.05) is 0 Å². The van der Waals surface area contributed by atoms with E-state index in [-0.39, 0.29) is 5.56 Å². The topological polar surface area (TPSA) is 74.6 Å². The summed E-state index contributed by atoms with van der Waals surface area (Å²) in [6.07, 6.45) is -2.09. The predicted molar refractivity (Wildman–Crippen MR) is 58.6 cm³/mol. The molecule has 0 aliphatic carbocycles. The third kappa shape index (κ3) is 2.81. The molecule has 2 N–H and O–H groups in total. The number of carbonyl (C=O) groups excluding carboxylic acids is 1. The van der Waals surface area contributed by atoms with E-state index in [0.717, 1.165) is 6.07 Å². The first-order valence-corrected chi connectivity index (χ1v) is 5.17. The first kappa shape index (κ1) is 13.6. The summed E-state index contributed by atoms with van der Waals surface area (Å²) in [6, 6.07) is 3.45. The standard InChI is InChI=1S/C11H10ClFO4/c1-5(12)9(14)6-3-2-4-7(13)8(6)10(15)11(16)17/h2-5,10,15H,1H3,(H,16,17). The maximum absolute atomic E-state index is 13.5. The molecule has 1 aromatic rings. The lowest BCUT2D eigenvalue weighted by atomic mass is 9.97. The molecule has 0 radical (unpaired) electrons. The number of aliphatic hydroxyl groups excluding tert-OH is 1. The minimum absolute atomic E-state index is 0.220. The van der Waals surface area contributed by atoms with Crippen LogP contribution in [0.5, 0.6) is 0 Å². The lowest BCUT2D eigenvalue weighted by Gasteiger charge is -2.13. The molecule has 0 heterocycles. The van der Waals surface area contributed by atoms with Gasteiger partial charge in [0.2, 0.25) is 0 Å². The van der Waals surface area contributed by atoms with Crippen LogP contribution in [-0.2, 0) is 4.79 Å². The monoisotopic (exact) mass is 260 g/mol. The maximum Gasteiger partial charge on any atom is 0.337 e. The fourth-order valence-corrected chi connectivity index (χ4v) is 1.49. The van der Waals surface area contributed by atoms with Crippen LogP contribution in [0.2, 0.25) is 0 Å². The fraction of sp³-hybridized carbons (Fsp3) is 0.273. The lowest BCUT2D eigenvalue weighted by Crippen LogP contribution is -2.20. The van der Waals surface area contributed by atoms with E-state index in [2.05, 4.69) is 0 Å². The maximum atomic E-state index is 13.5. The van der Waals surface area contributed by atoms with Crippen LogP contribution >= 0.6 is 11.6 Å². The molecule has 0 fully saturated rings. The van der Waals surface area contributed by atoms with Crippen LogP contribution in [-0.4, -0.2) is 27.3 Å². The molecule has 0 aliphatic rings. The normalized spacial score (nSPS) is 14.1. The molecule has 0 saturated heterocycles. The minimum Gasteiger partial charge on any atom is -0.479 e. The van der Waals surface area contributed by atoms with Crippen LogP contribution in [0, 0.1) is 5.82 Å². The summed E-state index contributed by atoms with van der Waals surface area (Å²) in [7, 11) is 0. The smallest absolute Gasteiger partial charge is 0.337 e. The van der Waals surface area contributed by atoms with Gasteiger partial charge < -0.3 is 10.2 Å². The summed E-state index contributed by atoms with van der Waals surface area (Å²) in [5.74, 6) is -3.23. The van der Waals surface area contributed by atoms with E-state index >= 15 is 0 Å². The van der Waals surface area contributed by atoms with Crippen molar-refractivity contribution < 1.29 is 24.2 Å². The number of alkyl halides is 1. The van der Waals surface area contributed by atoms with Crippen LogP contribution in [0.25, 0.3) is 0 Å². The Bertz CT molecular complexity index is 459. The Labute approximate surface area is 102 Å². The summed E-state index contributed by atoms with van der Waals surface area (Å²) in [4.78, 5) is 22.3. The molecule has 1 rings (SSSR count). The number of ketones is 1. The molecule has 0 spiro atoms. The molecule has 2 atom stereocenters. The summed E-state index contributed by atoms with van der Waals surface area (Å²) >= 11 is 5.57. The van der Waals surface area contributed by atoms with Crippen LogP contribution in [0.4, 0.5) is 4.39 Å². The fourth-order valence-electron chi connectivity index (χ4n) is 1.37. The van der Waals surface area contributed by atoms with Crippen molar-refractivity contribution in [1.82, 2.24) is 0 Å². The second-order valence-electron chi connectivity index (χ2n) is 3.42. The molecule has 1 aromatic carbocycles. The van der Waals surface area contributed by atoms with Crippen LogP contribution < -0.4 is 0 Å². The number of aliphatic carboxylic acids is 1. The largest absolute Gasteiger partial charge is 0.479 e. The van der Waals surface area contributed by atoms with Gasteiger partial charge in [0.25, 0.3) is 0 Å². The van der Waals surface area contributed by atoms with Gasteiger partial charge in [-0.25, -0.2) is 9.18 Å². The molecule has 2 unspecified atom stereocenters. The number of Topliss-reactive ketones (excluding diaryl/α,β-unsaturated/α-hetero) is 1. The van der Waals surface area contributed by atoms with Gasteiger partial charge in [-0.15, -0.1) is 11.6 Å². The second-order valence-corrected chi connectivity index (χ2v) is 4.08. The van der Waals surface area contributed by atoms with Crippen molar-refractivity contribution in [3.63, 3.8) is 0 Å².